The molecule has 3 aromatic rings. The molecule has 1 aromatic carbocycles. The molecule has 0 aliphatic rings. The first kappa shape index (κ1) is 15.9. The zero-order valence-electron chi connectivity index (χ0n) is 13.7. The van der Waals surface area contributed by atoms with Gasteiger partial charge in [0.15, 0.2) is 5.65 Å². The van der Waals surface area contributed by atoms with E-state index in [1.807, 2.05) is 31.2 Å². The molecule has 0 unspecified atom stereocenters. The Balaban J connectivity index is 1.70. The zero-order chi connectivity index (χ0) is 17.1. The molecule has 0 spiro atoms. The Hall–Kier alpha value is -2.96. The van der Waals surface area contributed by atoms with E-state index >= 15 is 0 Å². The lowest BCUT2D eigenvalue weighted by Crippen LogP contribution is -2.23. The maximum atomic E-state index is 12.4. The van der Waals surface area contributed by atoms with Crippen LogP contribution in [0.3, 0.4) is 0 Å². The van der Waals surface area contributed by atoms with Gasteiger partial charge in [0.25, 0.3) is 5.56 Å². The van der Waals surface area contributed by atoms with Crippen molar-refractivity contribution in [3.63, 3.8) is 0 Å². The van der Waals surface area contributed by atoms with E-state index in [-0.39, 0.29) is 24.4 Å². The number of para-hydroxylation sites is 1. The number of aryl methyl sites for hydroxylation is 3. The molecule has 0 aliphatic carbocycles. The molecule has 0 saturated heterocycles. The first-order chi connectivity index (χ1) is 11.6. The molecule has 1 N–H and O–H groups in total. The van der Waals surface area contributed by atoms with Gasteiger partial charge in [-0.2, -0.15) is 5.10 Å². The Kier molecular flexibility index (Phi) is 4.41. The fourth-order valence-electron chi connectivity index (χ4n) is 2.61. The highest BCUT2D eigenvalue weighted by atomic mass is 16.2. The maximum Gasteiger partial charge on any atom is 0.264 e. The second kappa shape index (κ2) is 6.66. The summed E-state index contributed by atoms with van der Waals surface area (Å²) in [5, 5.41) is 7.39. The summed E-state index contributed by atoms with van der Waals surface area (Å²) in [6.45, 7) is 2.32. The zero-order valence-corrected chi connectivity index (χ0v) is 13.7. The number of anilines is 1. The molecular formula is C17H19N5O2. The van der Waals surface area contributed by atoms with Crippen molar-refractivity contribution < 1.29 is 4.79 Å². The Morgan fingerprint density at radius 2 is 2.08 bits per heavy atom. The Bertz CT molecular complexity index is 942. The van der Waals surface area contributed by atoms with Crippen molar-refractivity contribution in [1.82, 2.24) is 19.3 Å². The molecule has 2 heterocycles. The van der Waals surface area contributed by atoms with E-state index in [1.54, 1.807) is 11.7 Å². The molecular weight excluding hydrogens is 306 g/mol. The molecule has 2 aromatic heterocycles. The Labute approximate surface area is 138 Å². The average molecular weight is 325 g/mol. The SMILES string of the molecule is CCc1ccccc1NC(=O)CCn1cnc2c(cnn2C)c1=O. The Morgan fingerprint density at radius 3 is 2.88 bits per heavy atom. The van der Waals surface area contributed by atoms with E-state index in [0.29, 0.717) is 11.0 Å². The topological polar surface area (TPSA) is 81.8 Å². The van der Waals surface area contributed by atoms with Gasteiger partial charge in [-0.3, -0.25) is 18.8 Å². The van der Waals surface area contributed by atoms with Crippen molar-refractivity contribution >= 4 is 22.6 Å². The number of benzene rings is 1. The van der Waals surface area contributed by atoms with Crippen molar-refractivity contribution in [1.29, 1.82) is 0 Å². The lowest BCUT2D eigenvalue weighted by molar-refractivity contribution is -0.116. The van der Waals surface area contributed by atoms with Crippen LogP contribution in [0.5, 0.6) is 0 Å². The standard InChI is InChI=1S/C17H19N5O2/c1-3-12-6-4-5-7-14(12)20-15(23)8-9-22-11-18-16-13(17(22)24)10-19-21(16)2/h4-7,10-11H,3,8-9H2,1-2H3,(H,20,23). The van der Waals surface area contributed by atoms with Crippen LogP contribution in [0.2, 0.25) is 0 Å². The van der Waals surface area contributed by atoms with E-state index in [0.717, 1.165) is 17.7 Å². The summed E-state index contributed by atoms with van der Waals surface area (Å²) in [7, 11) is 1.73. The van der Waals surface area contributed by atoms with Gasteiger partial charge >= 0.3 is 0 Å². The van der Waals surface area contributed by atoms with Gasteiger partial charge in [0.05, 0.1) is 12.5 Å². The summed E-state index contributed by atoms with van der Waals surface area (Å²) in [6.07, 6.45) is 4.00. The predicted molar refractivity (Wildman–Crippen MR) is 91.8 cm³/mol. The maximum absolute atomic E-state index is 12.4. The third-order valence-electron chi connectivity index (χ3n) is 3.97. The monoisotopic (exact) mass is 325 g/mol. The van der Waals surface area contributed by atoms with Crippen LogP contribution in [-0.4, -0.2) is 25.2 Å². The quantitative estimate of drug-likeness (QED) is 0.774. The van der Waals surface area contributed by atoms with Crippen molar-refractivity contribution in [2.24, 2.45) is 7.05 Å². The smallest absolute Gasteiger partial charge is 0.264 e. The minimum absolute atomic E-state index is 0.130. The number of rotatable bonds is 5. The van der Waals surface area contributed by atoms with E-state index in [9.17, 15) is 9.59 Å². The first-order valence-corrected chi connectivity index (χ1v) is 7.85. The number of fused-ring (bicyclic) bond motifs is 1. The summed E-state index contributed by atoms with van der Waals surface area (Å²) in [6, 6.07) is 7.70. The number of hydrogen-bond donors (Lipinski definition) is 1. The van der Waals surface area contributed by atoms with Crippen molar-refractivity contribution in [2.45, 2.75) is 26.3 Å². The summed E-state index contributed by atoms with van der Waals surface area (Å²) < 4.78 is 2.99. The number of amides is 1. The van der Waals surface area contributed by atoms with Crippen LogP contribution in [0.15, 0.2) is 41.6 Å². The number of carbonyl (C=O) groups excluding carboxylic acids is 1. The van der Waals surface area contributed by atoms with Crippen LogP contribution in [0.4, 0.5) is 5.69 Å². The number of aromatic nitrogens is 4. The van der Waals surface area contributed by atoms with E-state index in [4.69, 9.17) is 0 Å². The fraction of sp³-hybridized carbons (Fsp3) is 0.294. The predicted octanol–water partition coefficient (Wildman–Crippen LogP) is 1.72. The van der Waals surface area contributed by atoms with Gasteiger partial charge in [0, 0.05) is 25.7 Å². The molecule has 7 nitrogen and oxygen atoms in total. The van der Waals surface area contributed by atoms with Crippen LogP contribution in [0.1, 0.15) is 18.9 Å². The number of hydrogen-bond acceptors (Lipinski definition) is 4. The lowest BCUT2D eigenvalue weighted by atomic mass is 10.1. The van der Waals surface area contributed by atoms with Crippen molar-refractivity contribution in [3.8, 4) is 0 Å². The van der Waals surface area contributed by atoms with Gasteiger partial charge in [0.2, 0.25) is 5.91 Å². The number of carbonyl (C=O) groups is 1. The van der Waals surface area contributed by atoms with Crippen LogP contribution in [-0.2, 0) is 24.8 Å². The van der Waals surface area contributed by atoms with Gasteiger partial charge in [-0.15, -0.1) is 0 Å². The van der Waals surface area contributed by atoms with Crippen molar-refractivity contribution in [2.75, 3.05) is 5.32 Å². The minimum atomic E-state index is -0.185. The van der Waals surface area contributed by atoms with Gasteiger partial charge in [-0.05, 0) is 18.1 Å². The lowest BCUT2D eigenvalue weighted by Gasteiger charge is -2.10. The molecule has 1 amide bonds. The summed E-state index contributed by atoms with van der Waals surface area (Å²) in [5.74, 6) is -0.130. The molecule has 24 heavy (non-hydrogen) atoms. The average Bonchev–Trinajstić information content (AvgIpc) is 2.97. The molecule has 124 valence electrons. The van der Waals surface area contributed by atoms with Crippen LogP contribution < -0.4 is 10.9 Å². The summed E-state index contributed by atoms with van der Waals surface area (Å²) >= 11 is 0. The molecule has 0 bridgehead atoms. The largest absolute Gasteiger partial charge is 0.326 e. The second-order valence-corrected chi connectivity index (χ2v) is 5.56. The fourth-order valence-corrected chi connectivity index (χ4v) is 2.61. The highest BCUT2D eigenvalue weighted by molar-refractivity contribution is 5.91. The van der Waals surface area contributed by atoms with Crippen LogP contribution in [0, 0.1) is 0 Å². The summed E-state index contributed by atoms with van der Waals surface area (Å²) in [4.78, 5) is 28.7. The summed E-state index contributed by atoms with van der Waals surface area (Å²) in [5.41, 5.74) is 2.26. The third kappa shape index (κ3) is 3.05. The molecule has 0 atom stereocenters. The molecule has 7 heteroatoms. The van der Waals surface area contributed by atoms with E-state index < -0.39 is 0 Å². The van der Waals surface area contributed by atoms with Crippen molar-refractivity contribution in [3.05, 3.63) is 52.7 Å². The second-order valence-electron chi connectivity index (χ2n) is 5.56. The number of nitrogens with zero attached hydrogens (tertiary/aromatic N) is 4. The van der Waals surface area contributed by atoms with Gasteiger partial charge in [-0.25, -0.2) is 4.98 Å². The van der Waals surface area contributed by atoms with E-state index in [2.05, 4.69) is 15.4 Å². The molecule has 0 saturated carbocycles. The number of nitrogens with one attached hydrogen (secondary N) is 1. The normalized spacial score (nSPS) is 10.9. The minimum Gasteiger partial charge on any atom is -0.326 e. The van der Waals surface area contributed by atoms with E-state index in [1.165, 1.54) is 17.1 Å². The van der Waals surface area contributed by atoms with Gasteiger partial charge in [-0.1, -0.05) is 25.1 Å². The van der Waals surface area contributed by atoms with Gasteiger partial charge in [0.1, 0.15) is 5.39 Å². The molecule has 3 rings (SSSR count). The third-order valence-corrected chi connectivity index (χ3v) is 3.97. The highest BCUT2D eigenvalue weighted by Gasteiger charge is 2.10. The molecule has 0 radical (unpaired) electrons. The Morgan fingerprint density at radius 1 is 1.29 bits per heavy atom. The van der Waals surface area contributed by atoms with Crippen LogP contribution in [0.25, 0.3) is 11.0 Å². The van der Waals surface area contributed by atoms with Gasteiger partial charge < -0.3 is 5.32 Å². The first-order valence-electron chi connectivity index (χ1n) is 7.85. The van der Waals surface area contributed by atoms with Crippen LogP contribution >= 0.6 is 0 Å². The molecule has 0 fully saturated rings. The highest BCUT2D eigenvalue weighted by Crippen LogP contribution is 2.15. The molecule has 0 aliphatic heterocycles.